The number of rotatable bonds is 12. The molecule has 0 bridgehead atoms. The molecule has 33 heavy (non-hydrogen) atoms. The molecule has 0 unspecified atom stereocenters. The van der Waals surface area contributed by atoms with E-state index in [4.69, 9.17) is 4.74 Å². The first-order valence-electron chi connectivity index (χ1n) is 10.5. The SMILES string of the molecule is C=C/C=C(/Nc1cc(O/C(C=C)=C/C=C(\C)c2cccs2)ccn1)C(=C)NC(=C)C=C.CC. The molecule has 0 fully saturated rings. The van der Waals surface area contributed by atoms with Crippen LogP contribution < -0.4 is 15.4 Å². The Balaban J connectivity index is 0.00000265. The van der Waals surface area contributed by atoms with Crippen molar-refractivity contribution in [2.24, 2.45) is 0 Å². The molecule has 0 aliphatic heterocycles. The molecule has 0 spiro atoms. The number of allylic oxidation sites excluding steroid dienone is 7. The van der Waals surface area contributed by atoms with Crippen LogP contribution in [0.25, 0.3) is 5.57 Å². The minimum absolute atomic E-state index is 0.589. The number of hydrogen-bond donors (Lipinski definition) is 2. The third-order valence-corrected chi connectivity index (χ3v) is 5.01. The lowest BCUT2D eigenvalue weighted by Gasteiger charge is -2.15. The fourth-order valence-corrected chi connectivity index (χ4v) is 3.12. The molecule has 2 aromatic rings. The maximum atomic E-state index is 5.97. The van der Waals surface area contributed by atoms with Crippen molar-refractivity contribution in [2.45, 2.75) is 20.8 Å². The number of hydrogen-bond acceptors (Lipinski definition) is 5. The van der Waals surface area contributed by atoms with Gasteiger partial charge in [0.25, 0.3) is 0 Å². The van der Waals surface area contributed by atoms with E-state index in [1.165, 1.54) is 4.88 Å². The Morgan fingerprint density at radius 1 is 1.06 bits per heavy atom. The molecule has 0 aliphatic carbocycles. The molecule has 2 rings (SSSR count). The van der Waals surface area contributed by atoms with Gasteiger partial charge in [0.05, 0.1) is 11.4 Å². The van der Waals surface area contributed by atoms with E-state index in [0.717, 1.165) is 5.57 Å². The van der Waals surface area contributed by atoms with Crippen LogP contribution in [0, 0.1) is 0 Å². The van der Waals surface area contributed by atoms with E-state index < -0.39 is 0 Å². The van der Waals surface area contributed by atoms with Crippen molar-refractivity contribution in [3.05, 3.63) is 133 Å². The second-order valence-corrected chi connectivity index (χ2v) is 7.30. The summed E-state index contributed by atoms with van der Waals surface area (Å²) in [4.78, 5) is 5.56. The fraction of sp³-hybridized carbons (Fsp3) is 0.107. The Hall–Kier alpha value is -3.83. The van der Waals surface area contributed by atoms with Crippen molar-refractivity contribution in [1.82, 2.24) is 10.3 Å². The van der Waals surface area contributed by atoms with Gasteiger partial charge in [-0.3, -0.25) is 0 Å². The summed E-state index contributed by atoms with van der Waals surface area (Å²) in [5.74, 6) is 1.84. The molecule has 0 saturated carbocycles. The van der Waals surface area contributed by atoms with Crippen LogP contribution in [-0.2, 0) is 0 Å². The summed E-state index contributed by atoms with van der Waals surface area (Å²) in [6.07, 6.45) is 12.3. The Morgan fingerprint density at radius 2 is 1.82 bits per heavy atom. The summed E-state index contributed by atoms with van der Waals surface area (Å²) in [5, 5.41) is 8.33. The lowest BCUT2D eigenvalue weighted by Crippen LogP contribution is -2.16. The smallest absolute Gasteiger partial charge is 0.134 e. The zero-order chi connectivity index (χ0) is 24.6. The topological polar surface area (TPSA) is 46.2 Å². The number of thiophene rings is 1. The summed E-state index contributed by atoms with van der Waals surface area (Å²) in [7, 11) is 0. The second-order valence-electron chi connectivity index (χ2n) is 6.35. The van der Waals surface area contributed by atoms with Gasteiger partial charge in [0, 0.05) is 22.8 Å². The lowest BCUT2D eigenvalue weighted by molar-refractivity contribution is 0.444. The molecular formula is C28H33N3OS. The minimum Gasteiger partial charge on any atom is -0.457 e. The minimum atomic E-state index is 0.589. The molecule has 0 radical (unpaired) electrons. The predicted octanol–water partition coefficient (Wildman–Crippen LogP) is 8.01. The number of nitrogens with one attached hydrogen (secondary N) is 2. The van der Waals surface area contributed by atoms with Crippen LogP contribution in [0.15, 0.2) is 128 Å². The van der Waals surface area contributed by atoms with Crippen LogP contribution in [0.3, 0.4) is 0 Å². The highest BCUT2D eigenvalue weighted by molar-refractivity contribution is 7.11. The van der Waals surface area contributed by atoms with E-state index in [1.54, 1.807) is 54.0 Å². The molecule has 2 aromatic heterocycles. The van der Waals surface area contributed by atoms with Crippen LogP contribution in [0.1, 0.15) is 25.6 Å². The van der Waals surface area contributed by atoms with Crippen LogP contribution in [-0.4, -0.2) is 4.98 Å². The van der Waals surface area contributed by atoms with E-state index in [0.29, 0.717) is 34.4 Å². The number of anilines is 1. The third-order valence-electron chi connectivity index (χ3n) is 4.01. The maximum absolute atomic E-state index is 5.97. The highest BCUT2D eigenvalue weighted by Gasteiger charge is 2.06. The lowest BCUT2D eigenvalue weighted by atomic mass is 10.2. The normalized spacial score (nSPS) is 11.4. The first-order chi connectivity index (χ1) is 16.0. The molecule has 5 heteroatoms. The molecule has 0 aromatic carbocycles. The highest BCUT2D eigenvalue weighted by Crippen LogP contribution is 2.22. The van der Waals surface area contributed by atoms with Crippen molar-refractivity contribution in [2.75, 3.05) is 5.32 Å². The quantitative estimate of drug-likeness (QED) is 0.249. The van der Waals surface area contributed by atoms with Crippen LogP contribution >= 0.6 is 11.3 Å². The van der Waals surface area contributed by atoms with Crippen molar-refractivity contribution in [3.63, 3.8) is 0 Å². The van der Waals surface area contributed by atoms with E-state index >= 15 is 0 Å². The summed E-state index contributed by atoms with van der Waals surface area (Å²) in [6, 6.07) is 7.69. The molecule has 4 nitrogen and oxygen atoms in total. The van der Waals surface area contributed by atoms with Gasteiger partial charge in [0.2, 0.25) is 0 Å². The van der Waals surface area contributed by atoms with E-state index in [1.807, 2.05) is 32.1 Å². The molecule has 2 N–H and O–H groups in total. The second kappa shape index (κ2) is 15.1. The Bertz CT molecular complexity index is 1060. The zero-order valence-corrected chi connectivity index (χ0v) is 20.5. The van der Waals surface area contributed by atoms with Gasteiger partial charge >= 0.3 is 0 Å². The molecule has 172 valence electrons. The molecule has 0 atom stereocenters. The predicted molar refractivity (Wildman–Crippen MR) is 146 cm³/mol. The van der Waals surface area contributed by atoms with Crippen LogP contribution in [0.2, 0.25) is 0 Å². The Labute approximate surface area is 202 Å². The fourth-order valence-electron chi connectivity index (χ4n) is 2.40. The number of nitrogens with zero attached hydrogens (tertiary/aromatic N) is 1. The van der Waals surface area contributed by atoms with Crippen molar-refractivity contribution < 1.29 is 4.74 Å². The van der Waals surface area contributed by atoms with E-state index in [2.05, 4.69) is 66.9 Å². The average Bonchev–Trinajstić information content (AvgIpc) is 3.38. The van der Waals surface area contributed by atoms with Gasteiger partial charge in [-0.05, 0) is 54.3 Å². The van der Waals surface area contributed by atoms with E-state index in [-0.39, 0.29) is 0 Å². The first-order valence-corrected chi connectivity index (χ1v) is 11.4. The van der Waals surface area contributed by atoms with Crippen molar-refractivity contribution >= 4 is 22.7 Å². The van der Waals surface area contributed by atoms with Gasteiger partial charge in [0.1, 0.15) is 17.3 Å². The first kappa shape index (κ1) is 27.2. The largest absolute Gasteiger partial charge is 0.457 e. The van der Waals surface area contributed by atoms with Gasteiger partial charge in [-0.1, -0.05) is 65.0 Å². The van der Waals surface area contributed by atoms with E-state index in [9.17, 15) is 0 Å². The van der Waals surface area contributed by atoms with Gasteiger partial charge in [-0.2, -0.15) is 0 Å². The Morgan fingerprint density at radius 3 is 2.42 bits per heavy atom. The van der Waals surface area contributed by atoms with Gasteiger partial charge in [0.15, 0.2) is 0 Å². The third kappa shape index (κ3) is 9.46. The summed E-state index contributed by atoms with van der Waals surface area (Å²) in [5.41, 5.74) is 3.09. The zero-order valence-electron chi connectivity index (χ0n) is 19.7. The summed E-state index contributed by atoms with van der Waals surface area (Å²) >= 11 is 1.70. The molecular weight excluding hydrogens is 426 g/mol. The van der Waals surface area contributed by atoms with Gasteiger partial charge in [-0.15, -0.1) is 11.3 Å². The molecule has 0 amide bonds. The standard InChI is InChI=1S/C26H27N3OS.C2H6/c1-7-11-24(21(6)28-20(5)8-2)29-26-18-23(15-16-27-26)30-22(9-3)14-13-19(4)25-12-10-17-31-25;1-2/h7-18,28H,1-3,5-6H2,4H3,(H,27,29);1-2H3/b19-13+,22-14+,24-11+;. The Kier molecular flexibility index (Phi) is 12.4. The molecule has 0 saturated heterocycles. The van der Waals surface area contributed by atoms with Gasteiger partial charge < -0.3 is 15.4 Å². The van der Waals surface area contributed by atoms with Gasteiger partial charge in [-0.25, -0.2) is 4.98 Å². The molecule has 2 heterocycles. The highest BCUT2D eigenvalue weighted by atomic mass is 32.1. The van der Waals surface area contributed by atoms with Crippen molar-refractivity contribution in [3.8, 4) is 5.75 Å². The number of aromatic nitrogens is 1. The monoisotopic (exact) mass is 459 g/mol. The van der Waals surface area contributed by atoms with Crippen LogP contribution in [0.5, 0.6) is 5.75 Å². The van der Waals surface area contributed by atoms with Crippen molar-refractivity contribution in [1.29, 1.82) is 0 Å². The number of pyridine rings is 1. The summed E-state index contributed by atoms with van der Waals surface area (Å²) < 4.78 is 5.97. The van der Waals surface area contributed by atoms with Crippen LogP contribution in [0.4, 0.5) is 5.82 Å². The number of ether oxygens (including phenoxy) is 1. The maximum Gasteiger partial charge on any atom is 0.134 e. The summed E-state index contributed by atoms with van der Waals surface area (Å²) in [6.45, 7) is 25.2. The molecule has 0 aliphatic rings. The average molecular weight is 460 g/mol.